The quantitative estimate of drug-likeness (QED) is 0.631. The van der Waals surface area contributed by atoms with Gasteiger partial charge in [-0.2, -0.15) is 0 Å². The number of hydrogen-bond acceptors (Lipinski definition) is 3. The van der Waals surface area contributed by atoms with Crippen molar-refractivity contribution in [3.8, 4) is 0 Å². The van der Waals surface area contributed by atoms with E-state index < -0.39 is 0 Å². The van der Waals surface area contributed by atoms with Crippen molar-refractivity contribution >= 4 is 0 Å². The minimum absolute atomic E-state index is 0.0485. The first-order chi connectivity index (χ1) is 9.13. The summed E-state index contributed by atoms with van der Waals surface area (Å²) in [6.07, 6.45) is 11.8. The number of nitrogens with zero attached hydrogens (tertiary/aromatic N) is 1. The van der Waals surface area contributed by atoms with Crippen LogP contribution in [0, 0.1) is 0 Å². The van der Waals surface area contributed by atoms with Gasteiger partial charge >= 0.3 is 0 Å². The molecule has 112 valence electrons. The van der Waals surface area contributed by atoms with Gasteiger partial charge in [0.15, 0.2) is 0 Å². The Kier molecular flexibility index (Phi) is 5.67. The van der Waals surface area contributed by atoms with Crippen molar-refractivity contribution in [1.29, 1.82) is 0 Å². The maximum absolute atomic E-state index is 9.57. The van der Waals surface area contributed by atoms with Gasteiger partial charge in [0.1, 0.15) is 0 Å². The summed E-state index contributed by atoms with van der Waals surface area (Å²) in [5, 5.41) is 13.2. The molecule has 1 unspecified atom stereocenters. The van der Waals surface area contributed by atoms with Gasteiger partial charge < -0.3 is 15.3 Å². The lowest BCUT2D eigenvalue weighted by molar-refractivity contribution is 0.158. The van der Waals surface area contributed by atoms with Crippen LogP contribution in [0.3, 0.4) is 0 Å². The first kappa shape index (κ1) is 15.3. The van der Waals surface area contributed by atoms with Crippen molar-refractivity contribution in [3.05, 3.63) is 0 Å². The van der Waals surface area contributed by atoms with Crippen LogP contribution in [0.2, 0.25) is 0 Å². The molecule has 0 aromatic heterocycles. The molecule has 0 amide bonds. The molecule has 2 fully saturated rings. The fraction of sp³-hybridized carbons (Fsp3) is 1.00. The Bertz CT molecular complexity index is 261. The van der Waals surface area contributed by atoms with E-state index in [4.69, 9.17) is 0 Å². The lowest BCUT2D eigenvalue weighted by atomic mass is 9.95. The van der Waals surface area contributed by atoms with E-state index in [1.807, 2.05) is 0 Å². The first-order valence-corrected chi connectivity index (χ1v) is 8.22. The van der Waals surface area contributed by atoms with Gasteiger partial charge in [-0.1, -0.05) is 19.3 Å². The molecule has 0 bridgehead atoms. The summed E-state index contributed by atoms with van der Waals surface area (Å²) in [7, 11) is 2.28. The van der Waals surface area contributed by atoms with E-state index in [-0.39, 0.29) is 12.1 Å². The fourth-order valence-electron chi connectivity index (χ4n) is 3.32. The van der Waals surface area contributed by atoms with E-state index in [0.717, 1.165) is 12.5 Å². The van der Waals surface area contributed by atoms with Crippen molar-refractivity contribution in [2.75, 3.05) is 20.2 Å². The standard InChI is InChI=1S/C16H32N2O/c1-16(13-19,17-14-9-10-14)11-5-6-12-18(2)15-7-3-4-8-15/h14-15,17,19H,3-13H2,1-2H3. The van der Waals surface area contributed by atoms with Gasteiger partial charge in [-0.25, -0.2) is 0 Å². The molecule has 2 N–H and O–H groups in total. The molecule has 0 aromatic rings. The van der Waals surface area contributed by atoms with Crippen LogP contribution in [0.15, 0.2) is 0 Å². The smallest absolute Gasteiger partial charge is 0.0610 e. The second-order valence-corrected chi connectivity index (χ2v) is 7.01. The van der Waals surface area contributed by atoms with E-state index in [1.165, 1.54) is 57.9 Å². The number of rotatable bonds is 9. The lowest BCUT2D eigenvalue weighted by Crippen LogP contribution is -2.47. The van der Waals surface area contributed by atoms with Gasteiger partial charge in [-0.3, -0.25) is 0 Å². The maximum atomic E-state index is 9.57. The van der Waals surface area contributed by atoms with Gasteiger partial charge in [-0.05, 0) is 59.0 Å². The third-order valence-corrected chi connectivity index (χ3v) is 4.92. The third-order valence-electron chi connectivity index (χ3n) is 4.92. The number of hydrogen-bond donors (Lipinski definition) is 2. The number of aliphatic hydroxyl groups excluding tert-OH is 1. The molecule has 0 radical (unpaired) electrons. The minimum Gasteiger partial charge on any atom is -0.394 e. The molecule has 2 rings (SSSR count). The molecule has 0 aliphatic heterocycles. The number of unbranched alkanes of at least 4 members (excludes halogenated alkanes) is 1. The molecule has 0 saturated heterocycles. The van der Waals surface area contributed by atoms with Crippen LogP contribution >= 0.6 is 0 Å². The lowest BCUT2D eigenvalue weighted by Gasteiger charge is -2.30. The molecule has 19 heavy (non-hydrogen) atoms. The average Bonchev–Trinajstić information content (AvgIpc) is 3.04. The van der Waals surface area contributed by atoms with Crippen molar-refractivity contribution in [2.24, 2.45) is 0 Å². The Balaban J connectivity index is 1.59. The molecule has 0 spiro atoms. The van der Waals surface area contributed by atoms with Crippen LogP contribution in [0.5, 0.6) is 0 Å². The van der Waals surface area contributed by atoms with Gasteiger partial charge in [0.05, 0.1) is 6.61 Å². The largest absolute Gasteiger partial charge is 0.394 e. The van der Waals surface area contributed by atoms with Crippen LogP contribution in [0.4, 0.5) is 0 Å². The number of nitrogens with one attached hydrogen (secondary N) is 1. The molecule has 0 aromatic carbocycles. The van der Waals surface area contributed by atoms with Crippen molar-refractivity contribution < 1.29 is 5.11 Å². The summed E-state index contributed by atoms with van der Waals surface area (Å²) >= 11 is 0. The maximum Gasteiger partial charge on any atom is 0.0610 e. The molecular formula is C16H32N2O. The third kappa shape index (κ3) is 5.05. The second kappa shape index (κ2) is 7.05. The minimum atomic E-state index is -0.0485. The van der Waals surface area contributed by atoms with Crippen LogP contribution in [-0.2, 0) is 0 Å². The van der Waals surface area contributed by atoms with E-state index in [0.29, 0.717) is 6.04 Å². The Morgan fingerprint density at radius 2 is 1.84 bits per heavy atom. The monoisotopic (exact) mass is 268 g/mol. The number of aliphatic hydroxyl groups is 1. The highest BCUT2D eigenvalue weighted by molar-refractivity contribution is 4.92. The first-order valence-electron chi connectivity index (χ1n) is 8.22. The highest BCUT2D eigenvalue weighted by Crippen LogP contribution is 2.25. The van der Waals surface area contributed by atoms with E-state index in [1.54, 1.807) is 0 Å². The molecule has 2 aliphatic rings. The zero-order chi connectivity index (χ0) is 13.7. The van der Waals surface area contributed by atoms with E-state index in [9.17, 15) is 5.11 Å². The fourth-order valence-corrected chi connectivity index (χ4v) is 3.32. The normalized spacial score (nSPS) is 24.0. The summed E-state index contributed by atoms with van der Waals surface area (Å²) in [6.45, 7) is 3.66. The molecular weight excluding hydrogens is 236 g/mol. The SMILES string of the molecule is CN(CCCCC(C)(CO)NC1CC1)C1CCCC1. The topological polar surface area (TPSA) is 35.5 Å². The molecule has 1 atom stereocenters. The van der Waals surface area contributed by atoms with Crippen LogP contribution in [0.1, 0.15) is 64.7 Å². The molecule has 2 aliphatic carbocycles. The molecule has 3 nitrogen and oxygen atoms in total. The van der Waals surface area contributed by atoms with Gasteiger partial charge in [-0.15, -0.1) is 0 Å². The zero-order valence-electron chi connectivity index (χ0n) is 12.8. The van der Waals surface area contributed by atoms with Crippen molar-refractivity contribution in [3.63, 3.8) is 0 Å². The highest BCUT2D eigenvalue weighted by atomic mass is 16.3. The highest BCUT2D eigenvalue weighted by Gasteiger charge is 2.31. The Hall–Kier alpha value is -0.120. The van der Waals surface area contributed by atoms with Crippen LogP contribution in [-0.4, -0.2) is 47.8 Å². The van der Waals surface area contributed by atoms with Gasteiger partial charge in [0.25, 0.3) is 0 Å². The van der Waals surface area contributed by atoms with E-state index in [2.05, 4.69) is 24.2 Å². The summed E-state index contributed by atoms with van der Waals surface area (Å²) in [4.78, 5) is 2.55. The summed E-state index contributed by atoms with van der Waals surface area (Å²) in [5.74, 6) is 0. The van der Waals surface area contributed by atoms with Crippen molar-refractivity contribution in [1.82, 2.24) is 10.2 Å². The second-order valence-electron chi connectivity index (χ2n) is 7.01. The Morgan fingerprint density at radius 3 is 2.42 bits per heavy atom. The van der Waals surface area contributed by atoms with Gasteiger partial charge in [0, 0.05) is 17.6 Å². The van der Waals surface area contributed by atoms with Crippen LogP contribution in [0.25, 0.3) is 0 Å². The predicted molar refractivity (Wildman–Crippen MR) is 80.4 cm³/mol. The molecule has 3 heteroatoms. The summed E-state index contributed by atoms with van der Waals surface area (Å²) < 4.78 is 0. The predicted octanol–water partition coefficient (Wildman–Crippen LogP) is 2.53. The van der Waals surface area contributed by atoms with E-state index >= 15 is 0 Å². The summed E-state index contributed by atoms with van der Waals surface area (Å²) in [5.41, 5.74) is -0.0485. The van der Waals surface area contributed by atoms with Gasteiger partial charge in [0.2, 0.25) is 0 Å². The van der Waals surface area contributed by atoms with Crippen molar-refractivity contribution in [2.45, 2.75) is 82.3 Å². The average molecular weight is 268 g/mol. The molecule has 2 saturated carbocycles. The Morgan fingerprint density at radius 1 is 1.16 bits per heavy atom. The summed E-state index contributed by atoms with van der Waals surface area (Å²) in [6, 6.07) is 1.52. The zero-order valence-corrected chi connectivity index (χ0v) is 12.8. The van der Waals surface area contributed by atoms with Crippen LogP contribution < -0.4 is 5.32 Å². The Labute approximate surface area is 118 Å². The molecule has 0 heterocycles.